The van der Waals surface area contributed by atoms with Gasteiger partial charge >= 0.3 is 0 Å². The Labute approximate surface area is 71.3 Å². The molecule has 0 aliphatic rings. The maximum atomic E-state index is 11.4. The highest BCUT2D eigenvalue weighted by Gasteiger charge is 2.01. The lowest BCUT2D eigenvalue weighted by atomic mass is 10.1. The molecule has 1 radical (unpaired) electrons. The number of benzene rings is 2. The minimum atomic E-state index is 0.116. The van der Waals surface area contributed by atoms with Crippen molar-refractivity contribution in [3.8, 4) is 5.75 Å². The molecule has 0 saturated carbocycles. The van der Waals surface area contributed by atoms with Crippen molar-refractivity contribution in [2.24, 2.45) is 0 Å². The molecule has 2 aromatic rings. The molecule has 0 amide bonds. The average Bonchev–Trinajstić information content (AvgIpc) is 2.04. The summed E-state index contributed by atoms with van der Waals surface area (Å²) in [5.74, 6) is 0.116. The fraction of sp³-hybridized carbons (Fsp3) is 0.0909. The van der Waals surface area contributed by atoms with Crippen LogP contribution in [0, 0.1) is 6.92 Å². The van der Waals surface area contributed by atoms with Gasteiger partial charge in [0.2, 0.25) is 0 Å². The minimum absolute atomic E-state index is 0.116. The Kier molecular flexibility index (Phi) is 1.51. The van der Waals surface area contributed by atoms with Crippen LogP contribution in [0.15, 0.2) is 36.4 Å². The second-order valence-electron chi connectivity index (χ2n) is 2.93. The Morgan fingerprint density at radius 2 is 1.67 bits per heavy atom. The molecular formula is C11H9O. The summed E-state index contributed by atoms with van der Waals surface area (Å²) in [5.41, 5.74) is 1.05. The van der Waals surface area contributed by atoms with Gasteiger partial charge in [0.05, 0.1) is 0 Å². The standard InChI is InChI=1S/C11H9O/c1-8-4-2-5-9-6-3-7-10(12)11(8)9/h2-7H,1H3. The van der Waals surface area contributed by atoms with Gasteiger partial charge in [-0.15, -0.1) is 0 Å². The van der Waals surface area contributed by atoms with E-state index in [-0.39, 0.29) is 5.75 Å². The molecule has 0 bridgehead atoms. The van der Waals surface area contributed by atoms with Crippen LogP contribution in [-0.4, -0.2) is 0 Å². The summed E-state index contributed by atoms with van der Waals surface area (Å²) in [4.78, 5) is 0. The summed E-state index contributed by atoms with van der Waals surface area (Å²) >= 11 is 0. The Hall–Kier alpha value is -1.50. The first-order valence-electron chi connectivity index (χ1n) is 3.94. The van der Waals surface area contributed by atoms with Gasteiger partial charge in [-0.05, 0) is 23.9 Å². The van der Waals surface area contributed by atoms with Crippen molar-refractivity contribution in [3.63, 3.8) is 0 Å². The van der Waals surface area contributed by atoms with Crippen LogP contribution in [0.4, 0.5) is 0 Å². The molecule has 2 rings (SSSR count). The maximum Gasteiger partial charge on any atom is 0.186 e. The summed E-state index contributed by atoms with van der Waals surface area (Å²) in [6.07, 6.45) is 0. The fourth-order valence-corrected chi connectivity index (χ4v) is 1.49. The topological polar surface area (TPSA) is 19.9 Å². The maximum absolute atomic E-state index is 11.4. The number of rotatable bonds is 0. The fourth-order valence-electron chi connectivity index (χ4n) is 1.49. The Bertz CT molecular complexity index is 382. The van der Waals surface area contributed by atoms with E-state index >= 15 is 0 Å². The van der Waals surface area contributed by atoms with Gasteiger partial charge in [-0.3, -0.25) is 5.11 Å². The summed E-state index contributed by atoms with van der Waals surface area (Å²) in [6, 6.07) is 11.3. The highest BCUT2D eigenvalue weighted by molar-refractivity contribution is 5.90. The van der Waals surface area contributed by atoms with Gasteiger partial charge in [-0.25, -0.2) is 0 Å². The van der Waals surface area contributed by atoms with Gasteiger partial charge in [-0.1, -0.05) is 30.3 Å². The molecule has 0 fully saturated rings. The molecule has 59 valence electrons. The van der Waals surface area contributed by atoms with Crippen LogP contribution >= 0.6 is 0 Å². The highest BCUT2D eigenvalue weighted by atomic mass is 16.3. The Morgan fingerprint density at radius 3 is 2.33 bits per heavy atom. The molecule has 0 aromatic heterocycles. The van der Waals surface area contributed by atoms with E-state index < -0.39 is 0 Å². The number of hydrogen-bond donors (Lipinski definition) is 0. The predicted molar refractivity (Wildman–Crippen MR) is 48.8 cm³/mol. The molecule has 0 N–H and O–H groups in total. The van der Waals surface area contributed by atoms with Gasteiger partial charge in [0.15, 0.2) is 5.75 Å². The molecular weight excluding hydrogens is 148 g/mol. The molecule has 0 aliphatic carbocycles. The molecule has 12 heavy (non-hydrogen) atoms. The summed E-state index contributed by atoms with van der Waals surface area (Å²) in [7, 11) is 0. The monoisotopic (exact) mass is 157 g/mol. The third-order valence-electron chi connectivity index (χ3n) is 2.07. The predicted octanol–water partition coefficient (Wildman–Crippen LogP) is 3.29. The lowest BCUT2D eigenvalue weighted by molar-refractivity contribution is 0.360. The quantitative estimate of drug-likeness (QED) is 0.559. The molecule has 0 aliphatic heterocycles. The zero-order valence-corrected chi connectivity index (χ0v) is 6.87. The number of fused-ring (bicyclic) bond motifs is 1. The van der Waals surface area contributed by atoms with Gasteiger partial charge in [0.25, 0.3) is 0 Å². The van der Waals surface area contributed by atoms with E-state index in [1.54, 1.807) is 12.1 Å². The molecule has 0 atom stereocenters. The SMILES string of the molecule is Cc1cccc2cccc([O])c12. The van der Waals surface area contributed by atoms with E-state index in [1.807, 2.05) is 31.2 Å². The zero-order chi connectivity index (χ0) is 8.55. The third kappa shape index (κ3) is 0.944. The van der Waals surface area contributed by atoms with Gasteiger partial charge in [0, 0.05) is 5.39 Å². The van der Waals surface area contributed by atoms with Crippen LogP contribution in [-0.2, 0) is 5.11 Å². The second kappa shape index (κ2) is 2.52. The first-order valence-corrected chi connectivity index (χ1v) is 3.94. The molecule has 0 heterocycles. The lowest BCUT2D eigenvalue weighted by Gasteiger charge is -2.00. The Balaban J connectivity index is 2.96. The summed E-state index contributed by atoms with van der Waals surface area (Å²) < 4.78 is 0. The van der Waals surface area contributed by atoms with Crippen LogP contribution in [0.1, 0.15) is 5.56 Å². The van der Waals surface area contributed by atoms with E-state index in [4.69, 9.17) is 0 Å². The van der Waals surface area contributed by atoms with Crippen LogP contribution < -0.4 is 0 Å². The molecule has 1 heteroatoms. The van der Waals surface area contributed by atoms with Crippen molar-refractivity contribution in [3.05, 3.63) is 42.0 Å². The van der Waals surface area contributed by atoms with Crippen molar-refractivity contribution in [2.45, 2.75) is 6.92 Å². The van der Waals surface area contributed by atoms with Gasteiger partial charge in [0.1, 0.15) is 0 Å². The van der Waals surface area contributed by atoms with Crippen molar-refractivity contribution < 1.29 is 5.11 Å². The van der Waals surface area contributed by atoms with E-state index in [2.05, 4.69) is 0 Å². The van der Waals surface area contributed by atoms with E-state index in [0.717, 1.165) is 16.3 Å². The van der Waals surface area contributed by atoms with Gasteiger partial charge < -0.3 is 0 Å². The van der Waals surface area contributed by atoms with Crippen molar-refractivity contribution in [1.82, 2.24) is 0 Å². The first-order chi connectivity index (χ1) is 5.79. The zero-order valence-electron chi connectivity index (χ0n) is 6.87. The van der Waals surface area contributed by atoms with Crippen LogP contribution in [0.5, 0.6) is 5.75 Å². The van der Waals surface area contributed by atoms with Crippen molar-refractivity contribution >= 4 is 10.8 Å². The molecule has 2 aromatic carbocycles. The number of hydrogen-bond acceptors (Lipinski definition) is 0. The normalized spacial score (nSPS) is 10.4. The lowest BCUT2D eigenvalue weighted by Crippen LogP contribution is -1.77. The van der Waals surface area contributed by atoms with Gasteiger partial charge in [-0.2, -0.15) is 0 Å². The first kappa shape index (κ1) is 7.17. The molecule has 1 nitrogen and oxygen atoms in total. The Morgan fingerprint density at radius 1 is 1.00 bits per heavy atom. The third-order valence-corrected chi connectivity index (χ3v) is 2.07. The molecule has 0 spiro atoms. The summed E-state index contributed by atoms with van der Waals surface area (Å²) in [6.45, 7) is 1.96. The van der Waals surface area contributed by atoms with Crippen molar-refractivity contribution in [1.29, 1.82) is 0 Å². The van der Waals surface area contributed by atoms with Crippen LogP contribution in [0.25, 0.3) is 10.8 Å². The smallest absolute Gasteiger partial charge is 0.186 e. The van der Waals surface area contributed by atoms with Crippen molar-refractivity contribution in [2.75, 3.05) is 0 Å². The largest absolute Gasteiger partial charge is 0.289 e. The molecule has 0 saturated heterocycles. The van der Waals surface area contributed by atoms with Crippen LogP contribution in [0.2, 0.25) is 0 Å². The average molecular weight is 157 g/mol. The highest BCUT2D eigenvalue weighted by Crippen LogP contribution is 2.27. The van der Waals surface area contributed by atoms with E-state index in [9.17, 15) is 5.11 Å². The molecule has 0 unspecified atom stereocenters. The minimum Gasteiger partial charge on any atom is -0.289 e. The summed E-state index contributed by atoms with van der Waals surface area (Å²) in [5, 5.41) is 13.3. The van der Waals surface area contributed by atoms with E-state index in [1.165, 1.54) is 0 Å². The van der Waals surface area contributed by atoms with E-state index in [0.29, 0.717) is 0 Å². The number of aryl methyl sites for hydroxylation is 1. The second-order valence-corrected chi connectivity index (χ2v) is 2.93. The van der Waals surface area contributed by atoms with Crippen LogP contribution in [0.3, 0.4) is 0 Å².